The van der Waals surface area contributed by atoms with Gasteiger partial charge in [-0.2, -0.15) is 0 Å². The number of carbonyl (C=O) groups excluding carboxylic acids is 1. The Morgan fingerprint density at radius 3 is 2.56 bits per heavy atom. The minimum Gasteiger partial charge on any atom is -0.497 e. The fraction of sp³-hybridized carbons (Fsp3) is 0.632. The Hall–Kier alpha value is -1.79. The fourth-order valence-electron chi connectivity index (χ4n) is 3.86. The maximum Gasteiger partial charge on any atom is 0.321 e. The summed E-state index contributed by atoms with van der Waals surface area (Å²) in [6.45, 7) is 5.00. The van der Waals surface area contributed by atoms with Crippen molar-refractivity contribution in [1.82, 2.24) is 14.7 Å². The Labute approximate surface area is 150 Å². The zero-order chi connectivity index (χ0) is 18.0. The first-order valence-electron chi connectivity index (χ1n) is 9.10. The summed E-state index contributed by atoms with van der Waals surface area (Å²) < 4.78 is 5.17. The Morgan fingerprint density at radius 2 is 1.96 bits per heavy atom. The molecule has 0 spiro atoms. The van der Waals surface area contributed by atoms with Crippen molar-refractivity contribution < 1.29 is 9.53 Å². The number of urea groups is 1. The number of rotatable bonds is 3. The molecule has 2 heterocycles. The normalized spacial score (nSPS) is 27.1. The van der Waals surface area contributed by atoms with E-state index >= 15 is 0 Å². The molecule has 2 fully saturated rings. The number of anilines is 1. The summed E-state index contributed by atoms with van der Waals surface area (Å²) >= 11 is 0. The first-order chi connectivity index (χ1) is 12.0. The van der Waals surface area contributed by atoms with E-state index < -0.39 is 0 Å². The molecule has 25 heavy (non-hydrogen) atoms. The van der Waals surface area contributed by atoms with Crippen molar-refractivity contribution in [1.29, 1.82) is 0 Å². The number of nitrogens with one attached hydrogen (secondary N) is 1. The lowest BCUT2D eigenvalue weighted by atomic mass is 9.91. The summed E-state index contributed by atoms with van der Waals surface area (Å²) in [4.78, 5) is 19.6. The van der Waals surface area contributed by atoms with E-state index in [4.69, 9.17) is 4.74 Å². The van der Waals surface area contributed by atoms with Gasteiger partial charge in [0.2, 0.25) is 0 Å². The van der Waals surface area contributed by atoms with Gasteiger partial charge in [0, 0.05) is 43.4 Å². The monoisotopic (exact) mass is 346 g/mol. The minimum absolute atomic E-state index is 0.0101. The molecule has 2 amide bonds. The van der Waals surface area contributed by atoms with Crippen molar-refractivity contribution in [2.24, 2.45) is 0 Å². The molecule has 0 saturated carbocycles. The number of amides is 2. The summed E-state index contributed by atoms with van der Waals surface area (Å²) in [5.41, 5.74) is 0.802. The van der Waals surface area contributed by atoms with Crippen LogP contribution in [0.3, 0.4) is 0 Å². The summed E-state index contributed by atoms with van der Waals surface area (Å²) in [6.07, 6.45) is 2.17. The highest BCUT2D eigenvalue weighted by Crippen LogP contribution is 2.29. The van der Waals surface area contributed by atoms with E-state index in [1.807, 2.05) is 29.2 Å². The van der Waals surface area contributed by atoms with Crippen LogP contribution in [0.4, 0.5) is 10.5 Å². The molecule has 3 rings (SSSR count). The van der Waals surface area contributed by atoms with Gasteiger partial charge >= 0.3 is 6.03 Å². The van der Waals surface area contributed by atoms with E-state index in [2.05, 4.69) is 36.1 Å². The lowest BCUT2D eigenvalue weighted by Crippen LogP contribution is -2.64. The Bertz CT molecular complexity index is 585. The average molecular weight is 346 g/mol. The fourth-order valence-corrected chi connectivity index (χ4v) is 3.86. The molecule has 2 aliphatic rings. The van der Waals surface area contributed by atoms with Crippen LogP contribution in [0.15, 0.2) is 24.3 Å². The van der Waals surface area contributed by atoms with Gasteiger partial charge in [0.15, 0.2) is 0 Å². The van der Waals surface area contributed by atoms with Crippen molar-refractivity contribution in [3.8, 4) is 5.75 Å². The molecule has 2 aliphatic heterocycles. The van der Waals surface area contributed by atoms with Gasteiger partial charge in [-0.05, 0) is 58.1 Å². The molecule has 2 saturated heterocycles. The third kappa shape index (κ3) is 4.07. The van der Waals surface area contributed by atoms with Crippen LogP contribution >= 0.6 is 0 Å². The van der Waals surface area contributed by atoms with Crippen molar-refractivity contribution in [3.05, 3.63) is 24.3 Å². The highest BCUT2D eigenvalue weighted by Gasteiger charge is 2.40. The third-order valence-electron chi connectivity index (χ3n) is 5.59. The molecule has 1 aromatic rings. The van der Waals surface area contributed by atoms with E-state index in [0.29, 0.717) is 18.1 Å². The van der Waals surface area contributed by atoms with Gasteiger partial charge in [-0.1, -0.05) is 0 Å². The maximum atomic E-state index is 12.8. The number of hydrogen-bond acceptors (Lipinski definition) is 4. The number of hydrogen-bond donors (Lipinski definition) is 1. The van der Waals surface area contributed by atoms with Crippen LogP contribution in [0, 0.1) is 0 Å². The molecule has 0 radical (unpaired) electrons. The van der Waals surface area contributed by atoms with Crippen LogP contribution in [0.1, 0.15) is 19.8 Å². The Kier molecular flexibility index (Phi) is 5.49. The van der Waals surface area contributed by atoms with Crippen LogP contribution in [0.25, 0.3) is 0 Å². The van der Waals surface area contributed by atoms with Gasteiger partial charge < -0.3 is 19.9 Å². The molecule has 1 unspecified atom stereocenters. The zero-order valence-electron chi connectivity index (χ0n) is 15.7. The van der Waals surface area contributed by atoms with Crippen LogP contribution < -0.4 is 10.1 Å². The largest absolute Gasteiger partial charge is 0.497 e. The van der Waals surface area contributed by atoms with Crippen LogP contribution in [-0.4, -0.2) is 79.7 Å². The van der Waals surface area contributed by atoms with E-state index in [0.717, 1.165) is 37.5 Å². The predicted octanol–water partition coefficient (Wildman–Crippen LogP) is 2.33. The maximum absolute atomic E-state index is 12.8. The molecule has 1 aromatic carbocycles. The summed E-state index contributed by atoms with van der Waals surface area (Å²) in [7, 11) is 5.90. The Balaban J connectivity index is 1.66. The number of likely N-dealkylation sites (N-methyl/N-ethyl adjacent to an activating group) is 1. The topological polar surface area (TPSA) is 48.1 Å². The van der Waals surface area contributed by atoms with Crippen LogP contribution in [0.2, 0.25) is 0 Å². The molecule has 0 aliphatic carbocycles. The van der Waals surface area contributed by atoms with Crippen LogP contribution in [-0.2, 0) is 0 Å². The number of nitrogens with zero attached hydrogens (tertiary/aromatic N) is 3. The molecule has 1 N–H and O–H groups in total. The van der Waals surface area contributed by atoms with Crippen molar-refractivity contribution in [3.63, 3.8) is 0 Å². The highest BCUT2D eigenvalue weighted by atomic mass is 16.5. The van der Waals surface area contributed by atoms with Crippen molar-refractivity contribution >= 4 is 11.7 Å². The quantitative estimate of drug-likeness (QED) is 0.913. The van der Waals surface area contributed by atoms with E-state index in [9.17, 15) is 4.79 Å². The number of methoxy groups -OCH3 is 1. The van der Waals surface area contributed by atoms with Crippen molar-refractivity contribution in [2.45, 2.75) is 37.9 Å². The first kappa shape index (κ1) is 18.0. The van der Waals surface area contributed by atoms with Crippen LogP contribution in [0.5, 0.6) is 5.75 Å². The third-order valence-corrected chi connectivity index (χ3v) is 5.59. The molecule has 3 atom stereocenters. The van der Waals surface area contributed by atoms with Crippen molar-refractivity contribution in [2.75, 3.05) is 46.2 Å². The summed E-state index contributed by atoms with van der Waals surface area (Å²) in [6, 6.07) is 9.06. The first-order valence-corrected chi connectivity index (χ1v) is 9.10. The number of fused-ring (bicyclic) bond motifs is 1. The highest BCUT2D eigenvalue weighted by molar-refractivity contribution is 5.89. The second kappa shape index (κ2) is 7.62. The zero-order valence-corrected chi connectivity index (χ0v) is 15.7. The lowest BCUT2D eigenvalue weighted by Gasteiger charge is -2.52. The van der Waals surface area contributed by atoms with Gasteiger partial charge in [-0.15, -0.1) is 0 Å². The standard InChI is InChI=1S/C19H30N4O2/c1-14-11-17-12-22(10-9-16(21(2)3)13-23(14)17)19(24)20-15-5-7-18(25-4)8-6-15/h5-8,14,16-17H,9-13H2,1-4H3,(H,20,24)/t14-,16?,17-/m1/s1. The summed E-state index contributed by atoms with van der Waals surface area (Å²) in [5, 5.41) is 3.03. The molecule has 138 valence electrons. The second-order valence-corrected chi connectivity index (χ2v) is 7.45. The molecule has 0 bridgehead atoms. The molecule has 0 aromatic heterocycles. The number of carbonyl (C=O) groups is 1. The van der Waals surface area contributed by atoms with E-state index in [1.54, 1.807) is 7.11 Å². The number of ether oxygens (including phenoxy) is 1. The van der Waals surface area contributed by atoms with Gasteiger partial charge in [0.25, 0.3) is 0 Å². The lowest BCUT2D eigenvalue weighted by molar-refractivity contribution is -0.0210. The average Bonchev–Trinajstić information content (AvgIpc) is 2.58. The van der Waals surface area contributed by atoms with Gasteiger partial charge in [-0.25, -0.2) is 4.79 Å². The smallest absolute Gasteiger partial charge is 0.321 e. The van der Waals surface area contributed by atoms with E-state index in [1.165, 1.54) is 6.42 Å². The molecular weight excluding hydrogens is 316 g/mol. The second-order valence-electron chi connectivity index (χ2n) is 7.45. The minimum atomic E-state index is -0.0101. The molecular formula is C19H30N4O2. The van der Waals surface area contributed by atoms with E-state index in [-0.39, 0.29) is 6.03 Å². The molecule has 6 heteroatoms. The number of benzene rings is 1. The summed E-state index contributed by atoms with van der Waals surface area (Å²) in [5.74, 6) is 0.789. The van der Waals surface area contributed by atoms with Gasteiger partial charge in [-0.3, -0.25) is 4.90 Å². The Morgan fingerprint density at radius 1 is 1.24 bits per heavy atom. The molecule has 6 nitrogen and oxygen atoms in total. The van der Waals surface area contributed by atoms with Gasteiger partial charge in [0.1, 0.15) is 5.75 Å². The van der Waals surface area contributed by atoms with Gasteiger partial charge in [0.05, 0.1) is 7.11 Å². The SMILES string of the molecule is COc1ccc(NC(=O)N2CCC(N(C)C)CN3[C@H](C[C@H]3C)C2)cc1. The predicted molar refractivity (Wildman–Crippen MR) is 100 cm³/mol.